The number of nitrogens with zero attached hydrogens (tertiary/aromatic N) is 3. The van der Waals surface area contributed by atoms with E-state index < -0.39 is 10.7 Å². The summed E-state index contributed by atoms with van der Waals surface area (Å²) in [6, 6.07) is 0. The molecule has 0 unspecified atom stereocenters. The quantitative estimate of drug-likeness (QED) is 0.574. The van der Waals surface area contributed by atoms with Crippen molar-refractivity contribution in [2.75, 3.05) is 13.2 Å². The van der Waals surface area contributed by atoms with Gasteiger partial charge in [0.05, 0.1) is 18.1 Å². The maximum atomic E-state index is 10.5. The van der Waals surface area contributed by atoms with Crippen molar-refractivity contribution < 1.29 is 14.4 Å². The van der Waals surface area contributed by atoms with Gasteiger partial charge in [0.1, 0.15) is 12.4 Å². The molecule has 0 amide bonds. The largest absolute Gasteiger partial charge is 0.348 e. The van der Waals surface area contributed by atoms with Crippen LogP contribution in [0.25, 0.3) is 0 Å². The molecule has 2 rings (SSSR count). The molecule has 0 spiro atoms. The Bertz CT molecular complexity index is 398. The van der Waals surface area contributed by atoms with E-state index >= 15 is 0 Å². The van der Waals surface area contributed by atoms with E-state index in [2.05, 4.69) is 5.10 Å². The summed E-state index contributed by atoms with van der Waals surface area (Å²) in [6.45, 7) is 3.79. The van der Waals surface area contributed by atoms with Gasteiger partial charge in [-0.15, -0.1) is 0 Å². The second kappa shape index (κ2) is 4.80. The van der Waals surface area contributed by atoms with Crippen molar-refractivity contribution >= 4 is 5.69 Å². The van der Waals surface area contributed by atoms with E-state index in [0.29, 0.717) is 19.8 Å². The van der Waals surface area contributed by atoms with E-state index in [9.17, 15) is 10.1 Å². The lowest BCUT2D eigenvalue weighted by Gasteiger charge is -2.21. The Hall–Kier alpha value is -1.47. The van der Waals surface area contributed by atoms with Gasteiger partial charge in [0.25, 0.3) is 0 Å². The molecule has 7 nitrogen and oxygen atoms in total. The molecule has 0 bridgehead atoms. The predicted octanol–water partition coefficient (Wildman–Crippen LogP) is 1.33. The summed E-state index contributed by atoms with van der Waals surface area (Å²) in [5, 5.41) is 14.4. The van der Waals surface area contributed by atoms with Crippen molar-refractivity contribution in [3.8, 4) is 0 Å². The molecule has 0 aliphatic carbocycles. The molecule has 0 N–H and O–H groups in total. The predicted molar refractivity (Wildman–Crippen MR) is 58.4 cm³/mol. The highest BCUT2D eigenvalue weighted by Gasteiger charge is 2.30. The third-order valence-corrected chi connectivity index (χ3v) is 2.75. The van der Waals surface area contributed by atoms with Crippen molar-refractivity contribution in [3.05, 3.63) is 22.5 Å². The van der Waals surface area contributed by atoms with E-state index in [1.165, 1.54) is 12.4 Å². The van der Waals surface area contributed by atoms with Gasteiger partial charge in [0.2, 0.25) is 0 Å². The molecule has 17 heavy (non-hydrogen) atoms. The summed E-state index contributed by atoms with van der Waals surface area (Å²) in [4.78, 5) is 10.0. The van der Waals surface area contributed by atoms with Crippen LogP contribution in [0.5, 0.6) is 0 Å². The third kappa shape index (κ3) is 3.01. The van der Waals surface area contributed by atoms with Crippen molar-refractivity contribution in [3.63, 3.8) is 0 Å². The minimum absolute atomic E-state index is 0.0181. The van der Waals surface area contributed by atoms with Crippen LogP contribution in [-0.2, 0) is 16.0 Å². The molecule has 2 heterocycles. The van der Waals surface area contributed by atoms with Crippen LogP contribution in [0.15, 0.2) is 12.4 Å². The lowest BCUT2D eigenvalue weighted by molar-refractivity contribution is -0.385. The van der Waals surface area contributed by atoms with Crippen molar-refractivity contribution in [2.24, 2.45) is 0 Å². The number of hydrogen-bond donors (Lipinski definition) is 0. The first kappa shape index (κ1) is 12.0. The summed E-state index contributed by atoms with van der Waals surface area (Å²) >= 11 is 0. The van der Waals surface area contributed by atoms with Crippen LogP contribution >= 0.6 is 0 Å². The average Bonchev–Trinajstić information content (AvgIpc) is 2.88. The van der Waals surface area contributed by atoms with E-state index in [1.807, 2.05) is 6.92 Å². The second-order valence-corrected chi connectivity index (χ2v) is 4.15. The van der Waals surface area contributed by atoms with Gasteiger partial charge in [-0.3, -0.25) is 14.8 Å². The summed E-state index contributed by atoms with van der Waals surface area (Å²) < 4.78 is 12.5. The zero-order chi connectivity index (χ0) is 12.3. The smallest absolute Gasteiger partial charge is 0.306 e. The zero-order valence-corrected chi connectivity index (χ0v) is 9.66. The Kier molecular flexibility index (Phi) is 3.39. The van der Waals surface area contributed by atoms with E-state index in [4.69, 9.17) is 9.47 Å². The number of aryl methyl sites for hydroxylation is 1. The van der Waals surface area contributed by atoms with Gasteiger partial charge in [-0.25, -0.2) is 0 Å². The molecule has 1 aromatic heterocycles. The minimum Gasteiger partial charge on any atom is -0.348 e. The Morgan fingerprint density at radius 1 is 1.59 bits per heavy atom. The zero-order valence-electron chi connectivity index (χ0n) is 9.66. The van der Waals surface area contributed by atoms with Crippen LogP contribution in [0.1, 0.15) is 19.8 Å². The highest BCUT2D eigenvalue weighted by atomic mass is 16.7. The van der Waals surface area contributed by atoms with E-state index in [1.54, 1.807) is 4.68 Å². The fourth-order valence-corrected chi connectivity index (χ4v) is 1.83. The maximum Gasteiger partial charge on any atom is 0.306 e. The molecule has 0 atom stereocenters. The Morgan fingerprint density at radius 2 is 2.29 bits per heavy atom. The van der Waals surface area contributed by atoms with Gasteiger partial charge in [-0.1, -0.05) is 0 Å². The summed E-state index contributed by atoms with van der Waals surface area (Å²) in [7, 11) is 0. The summed E-state index contributed by atoms with van der Waals surface area (Å²) in [5.41, 5.74) is 0.0181. The van der Waals surface area contributed by atoms with Crippen molar-refractivity contribution in [1.82, 2.24) is 9.78 Å². The van der Waals surface area contributed by atoms with E-state index in [-0.39, 0.29) is 5.69 Å². The number of nitro groups is 1. The van der Waals surface area contributed by atoms with Gasteiger partial charge in [-0.05, 0) is 13.3 Å². The van der Waals surface area contributed by atoms with Crippen LogP contribution in [0.4, 0.5) is 5.69 Å². The first-order chi connectivity index (χ1) is 8.09. The highest BCUT2D eigenvalue weighted by Crippen LogP contribution is 2.24. The third-order valence-electron chi connectivity index (χ3n) is 2.75. The average molecular weight is 241 g/mol. The first-order valence-corrected chi connectivity index (χ1v) is 5.54. The Balaban J connectivity index is 1.79. The standard InChI is InChI=1S/C10H15N3O4/c1-10(16-5-6-17-10)3-2-4-12-8-9(7-11-12)13(14)15/h7-8H,2-6H2,1H3. The molecular formula is C10H15N3O4. The first-order valence-electron chi connectivity index (χ1n) is 5.54. The molecule has 7 heteroatoms. The molecule has 1 fully saturated rings. The lowest BCUT2D eigenvalue weighted by Crippen LogP contribution is -2.25. The molecule has 1 saturated heterocycles. The Morgan fingerprint density at radius 3 is 2.88 bits per heavy atom. The monoisotopic (exact) mass is 241 g/mol. The van der Waals surface area contributed by atoms with Gasteiger partial charge in [0, 0.05) is 13.0 Å². The molecular weight excluding hydrogens is 226 g/mol. The molecule has 1 aliphatic rings. The normalized spacial score (nSPS) is 18.4. The fourth-order valence-electron chi connectivity index (χ4n) is 1.83. The number of hydrogen-bond acceptors (Lipinski definition) is 5. The van der Waals surface area contributed by atoms with E-state index in [0.717, 1.165) is 12.8 Å². The SMILES string of the molecule is CC1(CCCn2cc([N+](=O)[O-])cn2)OCCO1. The number of ether oxygens (including phenoxy) is 2. The van der Waals surface area contributed by atoms with Crippen molar-refractivity contribution in [1.29, 1.82) is 0 Å². The van der Waals surface area contributed by atoms with Crippen LogP contribution in [0.3, 0.4) is 0 Å². The van der Waals surface area contributed by atoms with Crippen molar-refractivity contribution in [2.45, 2.75) is 32.1 Å². The summed E-state index contributed by atoms with van der Waals surface area (Å²) in [5.74, 6) is -0.501. The van der Waals surface area contributed by atoms with Crippen LogP contribution in [-0.4, -0.2) is 33.7 Å². The number of rotatable bonds is 5. The molecule has 1 aliphatic heterocycles. The van der Waals surface area contributed by atoms with Gasteiger partial charge >= 0.3 is 5.69 Å². The number of aromatic nitrogens is 2. The van der Waals surface area contributed by atoms with Gasteiger partial charge in [0.15, 0.2) is 5.79 Å². The molecule has 0 saturated carbocycles. The molecule has 94 valence electrons. The minimum atomic E-state index is -0.501. The highest BCUT2D eigenvalue weighted by molar-refractivity contribution is 5.20. The lowest BCUT2D eigenvalue weighted by atomic mass is 10.2. The van der Waals surface area contributed by atoms with Gasteiger partial charge < -0.3 is 9.47 Å². The van der Waals surface area contributed by atoms with Crippen LogP contribution in [0.2, 0.25) is 0 Å². The van der Waals surface area contributed by atoms with Crippen LogP contribution < -0.4 is 0 Å². The van der Waals surface area contributed by atoms with Crippen LogP contribution in [0, 0.1) is 10.1 Å². The molecule has 0 aromatic carbocycles. The molecule has 0 radical (unpaired) electrons. The summed E-state index contributed by atoms with van der Waals surface area (Å²) in [6.07, 6.45) is 4.24. The fraction of sp³-hybridized carbons (Fsp3) is 0.700. The topological polar surface area (TPSA) is 79.4 Å². The second-order valence-electron chi connectivity index (χ2n) is 4.15. The van der Waals surface area contributed by atoms with Gasteiger partial charge in [-0.2, -0.15) is 5.10 Å². The molecule has 1 aromatic rings. The maximum absolute atomic E-state index is 10.5. The Labute approximate surface area is 98.5 Å².